The highest BCUT2D eigenvalue weighted by atomic mass is 35.5. The van der Waals surface area contributed by atoms with Crippen molar-refractivity contribution in [1.29, 1.82) is 0 Å². The van der Waals surface area contributed by atoms with Crippen LogP contribution in [0.15, 0.2) is 24.3 Å². The molecule has 0 spiro atoms. The van der Waals surface area contributed by atoms with Gasteiger partial charge in [0.1, 0.15) is 6.54 Å². The summed E-state index contributed by atoms with van der Waals surface area (Å²) in [4.78, 5) is 12.2. The Morgan fingerprint density at radius 1 is 1.40 bits per heavy atom. The molecule has 1 aliphatic carbocycles. The normalized spacial score (nSPS) is 13.8. The van der Waals surface area contributed by atoms with E-state index in [0.29, 0.717) is 28.8 Å². The van der Waals surface area contributed by atoms with Gasteiger partial charge in [-0.1, -0.05) is 11.6 Å². The zero-order valence-corrected chi connectivity index (χ0v) is 15.4. The van der Waals surface area contributed by atoms with Gasteiger partial charge in [-0.05, 0) is 61.7 Å². The summed E-state index contributed by atoms with van der Waals surface area (Å²) in [6.07, 6.45) is 3.38. The Hall–Kier alpha value is -1.70. The topological polar surface area (TPSA) is 71.9 Å². The molecule has 2 aromatic rings. The van der Waals surface area contributed by atoms with Gasteiger partial charge in [0.2, 0.25) is 5.91 Å². The molecule has 0 bridgehead atoms. The highest BCUT2D eigenvalue weighted by Crippen LogP contribution is 2.28. The number of nitrogens with zero attached hydrogens (tertiary/aromatic N) is 2. The molecule has 6 nitrogen and oxygen atoms in total. The van der Waals surface area contributed by atoms with Crippen LogP contribution < -0.4 is 5.32 Å². The lowest BCUT2D eigenvalue weighted by Gasteiger charge is -2.08. The summed E-state index contributed by atoms with van der Waals surface area (Å²) in [6, 6.07) is 7.25. The smallest absolute Gasteiger partial charge is 0.240 e. The summed E-state index contributed by atoms with van der Waals surface area (Å²) in [5.74, 6) is 1.28. The first kappa shape index (κ1) is 18.1. The van der Waals surface area contributed by atoms with Crippen LogP contribution in [0.25, 0.3) is 11.4 Å². The van der Waals surface area contributed by atoms with E-state index in [0.717, 1.165) is 24.5 Å². The van der Waals surface area contributed by atoms with Gasteiger partial charge in [0.15, 0.2) is 10.6 Å². The summed E-state index contributed by atoms with van der Waals surface area (Å²) < 4.78 is 7.64. The van der Waals surface area contributed by atoms with Crippen LogP contribution in [-0.2, 0) is 16.1 Å². The largest absolute Gasteiger partial charge is 0.381 e. The van der Waals surface area contributed by atoms with Crippen molar-refractivity contribution in [3.8, 4) is 11.4 Å². The fourth-order valence-electron chi connectivity index (χ4n) is 2.42. The Morgan fingerprint density at radius 3 is 2.88 bits per heavy atom. The monoisotopic (exact) mass is 380 g/mol. The summed E-state index contributed by atoms with van der Waals surface area (Å²) >= 11 is 11.1. The average Bonchev–Trinajstić information content (AvgIpc) is 3.36. The third kappa shape index (κ3) is 5.39. The van der Waals surface area contributed by atoms with Crippen molar-refractivity contribution in [2.75, 3.05) is 19.8 Å². The molecule has 1 heterocycles. The Bertz CT molecular complexity index is 768. The second-order valence-electron chi connectivity index (χ2n) is 6.17. The fraction of sp³-hybridized carbons (Fsp3) is 0.471. The van der Waals surface area contributed by atoms with Crippen molar-refractivity contribution in [3.63, 3.8) is 0 Å². The molecule has 1 aromatic carbocycles. The average molecular weight is 381 g/mol. The van der Waals surface area contributed by atoms with Crippen LogP contribution in [0.3, 0.4) is 0 Å². The Balaban J connectivity index is 1.49. The second-order valence-corrected chi connectivity index (χ2v) is 6.99. The maximum atomic E-state index is 12.2. The predicted molar refractivity (Wildman–Crippen MR) is 99.0 cm³/mol. The first-order valence-electron chi connectivity index (χ1n) is 8.39. The number of amides is 1. The van der Waals surface area contributed by atoms with Gasteiger partial charge in [-0.3, -0.25) is 14.5 Å². The van der Waals surface area contributed by atoms with Crippen LogP contribution in [0.1, 0.15) is 19.3 Å². The molecule has 1 saturated carbocycles. The minimum absolute atomic E-state index is 0.102. The van der Waals surface area contributed by atoms with Crippen molar-refractivity contribution < 1.29 is 9.53 Å². The van der Waals surface area contributed by atoms with Crippen molar-refractivity contribution in [2.24, 2.45) is 5.92 Å². The van der Waals surface area contributed by atoms with Crippen LogP contribution in [0.5, 0.6) is 0 Å². The number of rotatable bonds is 9. The van der Waals surface area contributed by atoms with E-state index in [9.17, 15) is 4.79 Å². The summed E-state index contributed by atoms with van der Waals surface area (Å²) in [5.41, 5.74) is 0.845. The van der Waals surface area contributed by atoms with E-state index in [-0.39, 0.29) is 12.5 Å². The molecule has 0 atom stereocenters. The van der Waals surface area contributed by atoms with Crippen molar-refractivity contribution in [1.82, 2.24) is 20.1 Å². The Labute approximate surface area is 156 Å². The number of hydrogen-bond donors (Lipinski definition) is 2. The zero-order valence-electron chi connectivity index (χ0n) is 13.8. The molecule has 25 heavy (non-hydrogen) atoms. The molecule has 1 aliphatic rings. The van der Waals surface area contributed by atoms with Crippen molar-refractivity contribution in [3.05, 3.63) is 34.1 Å². The molecule has 134 valence electrons. The molecule has 1 fully saturated rings. The number of nitrogens with one attached hydrogen (secondary N) is 2. The highest BCUT2D eigenvalue weighted by Gasteiger charge is 2.20. The van der Waals surface area contributed by atoms with Crippen LogP contribution in [0, 0.1) is 10.7 Å². The first-order valence-corrected chi connectivity index (χ1v) is 9.17. The number of hydrogen-bond acceptors (Lipinski definition) is 4. The highest BCUT2D eigenvalue weighted by molar-refractivity contribution is 7.71. The number of benzene rings is 1. The van der Waals surface area contributed by atoms with Gasteiger partial charge in [0, 0.05) is 30.3 Å². The number of H-pyrrole nitrogens is 1. The van der Waals surface area contributed by atoms with Gasteiger partial charge in [0.05, 0.1) is 0 Å². The SMILES string of the molecule is O=C(Cn1c(-c2ccc(Cl)cc2)n[nH]c1=S)NCCCOCC1CC1. The van der Waals surface area contributed by atoms with Crippen LogP contribution >= 0.6 is 23.8 Å². The van der Waals surface area contributed by atoms with E-state index in [1.165, 1.54) is 12.8 Å². The summed E-state index contributed by atoms with van der Waals surface area (Å²) in [6.45, 7) is 2.24. The van der Waals surface area contributed by atoms with Gasteiger partial charge < -0.3 is 10.1 Å². The first-order chi connectivity index (χ1) is 12.1. The third-order valence-corrected chi connectivity index (χ3v) is 4.56. The van der Waals surface area contributed by atoms with Gasteiger partial charge in [0.25, 0.3) is 0 Å². The van der Waals surface area contributed by atoms with Gasteiger partial charge >= 0.3 is 0 Å². The lowest BCUT2D eigenvalue weighted by Crippen LogP contribution is -2.29. The van der Waals surface area contributed by atoms with Crippen LogP contribution in [0.4, 0.5) is 0 Å². The number of halogens is 1. The minimum atomic E-state index is -0.102. The second kappa shape index (κ2) is 8.60. The predicted octanol–water partition coefficient (Wildman–Crippen LogP) is 3.19. The van der Waals surface area contributed by atoms with Crippen LogP contribution in [0.2, 0.25) is 5.02 Å². The number of carbonyl (C=O) groups is 1. The Morgan fingerprint density at radius 2 is 2.16 bits per heavy atom. The van der Waals surface area contributed by atoms with E-state index in [2.05, 4.69) is 15.5 Å². The van der Waals surface area contributed by atoms with Crippen LogP contribution in [-0.4, -0.2) is 40.4 Å². The summed E-state index contributed by atoms with van der Waals surface area (Å²) in [5, 5.41) is 10.5. The van der Waals surface area contributed by atoms with E-state index in [1.807, 2.05) is 12.1 Å². The number of aromatic nitrogens is 3. The Kier molecular flexibility index (Phi) is 6.23. The van der Waals surface area contributed by atoms with E-state index >= 15 is 0 Å². The van der Waals surface area contributed by atoms with E-state index in [1.54, 1.807) is 16.7 Å². The molecule has 3 rings (SSSR count). The lowest BCUT2D eigenvalue weighted by molar-refractivity contribution is -0.121. The molecular weight excluding hydrogens is 360 g/mol. The number of aromatic amines is 1. The molecular formula is C17H21ClN4O2S. The molecule has 0 saturated heterocycles. The zero-order chi connectivity index (χ0) is 17.6. The number of carbonyl (C=O) groups excluding carboxylic acids is 1. The molecule has 1 amide bonds. The minimum Gasteiger partial charge on any atom is -0.381 e. The standard InChI is InChI=1S/C17H21ClN4O2S/c18-14-6-4-13(5-7-14)16-20-21-17(25)22(16)10-15(23)19-8-1-9-24-11-12-2-3-12/h4-7,12H,1-3,8-11H2,(H,19,23)(H,21,25). The van der Waals surface area contributed by atoms with Crippen molar-refractivity contribution >= 4 is 29.7 Å². The molecule has 1 aromatic heterocycles. The van der Waals surface area contributed by atoms with Gasteiger partial charge in [-0.25, -0.2) is 0 Å². The van der Waals surface area contributed by atoms with Crippen molar-refractivity contribution in [2.45, 2.75) is 25.8 Å². The quantitative estimate of drug-likeness (QED) is 0.517. The maximum Gasteiger partial charge on any atom is 0.240 e. The van der Waals surface area contributed by atoms with Gasteiger partial charge in [-0.2, -0.15) is 5.10 Å². The van der Waals surface area contributed by atoms with Gasteiger partial charge in [-0.15, -0.1) is 0 Å². The molecule has 0 radical (unpaired) electrons. The maximum absolute atomic E-state index is 12.2. The number of ether oxygens (including phenoxy) is 1. The molecule has 2 N–H and O–H groups in total. The van der Waals surface area contributed by atoms with E-state index in [4.69, 9.17) is 28.6 Å². The molecule has 8 heteroatoms. The van der Waals surface area contributed by atoms with E-state index < -0.39 is 0 Å². The summed E-state index contributed by atoms with van der Waals surface area (Å²) in [7, 11) is 0. The third-order valence-electron chi connectivity index (χ3n) is 4.00. The molecule has 0 aliphatic heterocycles. The fourth-order valence-corrected chi connectivity index (χ4v) is 2.74. The lowest BCUT2D eigenvalue weighted by atomic mass is 10.2. The molecule has 0 unspecified atom stereocenters.